The summed E-state index contributed by atoms with van der Waals surface area (Å²) < 4.78 is 3.23. The van der Waals surface area contributed by atoms with Crippen molar-refractivity contribution in [2.45, 2.75) is 46.5 Å². The lowest BCUT2D eigenvalue weighted by Crippen LogP contribution is -2.09. The largest absolute Gasteiger partial charge is 0.336 e. The van der Waals surface area contributed by atoms with Crippen LogP contribution >= 0.6 is 0 Å². The first-order valence-electron chi connectivity index (χ1n) is 7.31. The van der Waals surface area contributed by atoms with Gasteiger partial charge in [-0.15, -0.1) is 0 Å². The standard InChI is InChI=1S/C14H21N5O2/c1-5-8-12-13(19(20)21)14(17(4)16-12)18-11(7-3)9-10(6-2)15-18/h9H,5-8H2,1-4H3. The highest BCUT2D eigenvalue weighted by Crippen LogP contribution is 2.28. The average Bonchev–Trinajstić information content (AvgIpc) is 2.99. The molecule has 0 aromatic carbocycles. The minimum Gasteiger partial charge on any atom is -0.258 e. The second-order valence-corrected chi connectivity index (χ2v) is 5.00. The van der Waals surface area contributed by atoms with Gasteiger partial charge in [-0.25, -0.2) is 9.36 Å². The van der Waals surface area contributed by atoms with Crippen molar-refractivity contribution in [2.75, 3.05) is 0 Å². The second-order valence-electron chi connectivity index (χ2n) is 5.00. The number of aryl methyl sites for hydroxylation is 4. The molecule has 0 radical (unpaired) electrons. The number of aromatic nitrogens is 4. The highest BCUT2D eigenvalue weighted by molar-refractivity contribution is 5.52. The van der Waals surface area contributed by atoms with E-state index in [1.807, 2.05) is 26.8 Å². The van der Waals surface area contributed by atoms with Crippen molar-refractivity contribution in [3.63, 3.8) is 0 Å². The smallest absolute Gasteiger partial charge is 0.258 e. The maximum Gasteiger partial charge on any atom is 0.336 e. The van der Waals surface area contributed by atoms with E-state index in [1.54, 1.807) is 16.4 Å². The van der Waals surface area contributed by atoms with Crippen LogP contribution in [0.25, 0.3) is 5.82 Å². The Morgan fingerprint density at radius 3 is 2.48 bits per heavy atom. The molecule has 0 aliphatic carbocycles. The van der Waals surface area contributed by atoms with E-state index in [1.165, 1.54) is 0 Å². The monoisotopic (exact) mass is 291 g/mol. The Labute approximate surface area is 123 Å². The van der Waals surface area contributed by atoms with Gasteiger partial charge in [0.05, 0.1) is 10.6 Å². The van der Waals surface area contributed by atoms with Gasteiger partial charge >= 0.3 is 5.69 Å². The first-order valence-corrected chi connectivity index (χ1v) is 7.31. The molecule has 0 aliphatic heterocycles. The van der Waals surface area contributed by atoms with Crippen LogP contribution in [0.3, 0.4) is 0 Å². The van der Waals surface area contributed by atoms with Gasteiger partial charge in [0.1, 0.15) is 5.69 Å². The van der Waals surface area contributed by atoms with Crippen molar-refractivity contribution in [2.24, 2.45) is 7.05 Å². The van der Waals surface area contributed by atoms with Gasteiger partial charge in [-0.3, -0.25) is 10.1 Å². The molecular weight excluding hydrogens is 270 g/mol. The zero-order chi connectivity index (χ0) is 15.6. The van der Waals surface area contributed by atoms with E-state index in [-0.39, 0.29) is 10.6 Å². The van der Waals surface area contributed by atoms with Crippen molar-refractivity contribution in [3.8, 4) is 5.82 Å². The van der Waals surface area contributed by atoms with E-state index >= 15 is 0 Å². The highest BCUT2D eigenvalue weighted by Gasteiger charge is 2.29. The zero-order valence-corrected chi connectivity index (χ0v) is 13.0. The van der Waals surface area contributed by atoms with Gasteiger partial charge in [-0.1, -0.05) is 27.2 Å². The molecule has 2 aromatic heterocycles. The second kappa shape index (κ2) is 6.07. The van der Waals surface area contributed by atoms with Gasteiger partial charge in [0, 0.05) is 12.7 Å². The Morgan fingerprint density at radius 2 is 1.95 bits per heavy atom. The van der Waals surface area contributed by atoms with Crippen LogP contribution in [0.15, 0.2) is 6.07 Å². The molecule has 0 atom stereocenters. The van der Waals surface area contributed by atoms with Crippen LogP contribution in [-0.2, 0) is 26.3 Å². The normalized spacial score (nSPS) is 11.0. The van der Waals surface area contributed by atoms with E-state index in [4.69, 9.17) is 0 Å². The van der Waals surface area contributed by atoms with E-state index in [2.05, 4.69) is 10.2 Å². The van der Waals surface area contributed by atoms with Gasteiger partial charge in [-0.2, -0.15) is 10.2 Å². The first-order chi connectivity index (χ1) is 10.0. The van der Waals surface area contributed by atoms with Gasteiger partial charge in [-0.05, 0) is 25.3 Å². The fraction of sp³-hybridized carbons (Fsp3) is 0.571. The summed E-state index contributed by atoms with van der Waals surface area (Å²) in [7, 11) is 1.73. The van der Waals surface area contributed by atoms with Crippen LogP contribution in [0.1, 0.15) is 44.3 Å². The molecule has 0 N–H and O–H groups in total. The van der Waals surface area contributed by atoms with Crippen molar-refractivity contribution < 1.29 is 4.92 Å². The summed E-state index contributed by atoms with van der Waals surface area (Å²) in [6.45, 7) is 6.02. The summed E-state index contributed by atoms with van der Waals surface area (Å²) in [5.41, 5.74) is 2.48. The third-order valence-electron chi connectivity index (χ3n) is 3.49. The lowest BCUT2D eigenvalue weighted by molar-refractivity contribution is -0.385. The molecule has 0 saturated heterocycles. The molecular formula is C14H21N5O2. The molecule has 0 amide bonds. The molecule has 7 nitrogen and oxygen atoms in total. The van der Waals surface area contributed by atoms with Crippen LogP contribution in [-0.4, -0.2) is 24.5 Å². The summed E-state index contributed by atoms with van der Waals surface area (Å²) in [6.07, 6.45) is 2.97. The number of rotatable bonds is 6. The van der Waals surface area contributed by atoms with E-state index in [0.717, 1.165) is 30.7 Å². The van der Waals surface area contributed by atoms with Crippen molar-refractivity contribution >= 4 is 5.69 Å². The van der Waals surface area contributed by atoms with Crippen LogP contribution in [0.2, 0.25) is 0 Å². The lowest BCUT2D eigenvalue weighted by Gasteiger charge is -2.05. The van der Waals surface area contributed by atoms with Crippen LogP contribution < -0.4 is 0 Å². The van der Waals surface area contributed by atoms with E-state index < -0.39 is 0 Å². The van der Waals surface area contributed by atoms with Crippen molar-refractivity contribution in [1.29, 1.82) is 0 Å². The summed E-state index contributed by atoms with van der Waals surface area (Å²) in [5, 5.41) is 20.3. The molecule has 0 spiro atoms. The van der Waals surface area contributed by atoms with Crippen molar-refractivity contribution in [3.05, 3.63) is 33.3 Å². The van der Waals surface area contributed by atoms with Gasteiger partial charge in [0.2, 0.25) is 5.82 Å². The van der Waals surface area contributed by atoms with Crippen molar-refractivity contribution in [1.82, 2.24) is 19.6 Å². The summed E-state index contributed by atoms with van der Waals surface area (Å²) in [5.74, 6) is 0.444. The van der Waals surface area contributed by atoms with Crippen LogP contribution in [0.5, 0.6) is 0 Å². The fourth-order valence-corrected chi connectivity index (χ4v) is 2.47. The number of hydrogen-bond acceptors (Lipinski definition) is 4. The molecule has 0 fully saturated rings. The highest BCUT2D eigenvalue weighted by atomic mass is 16.6. The molecule has 2 heterocycles. The van der Waals surface area contributed by atoms with Gasteiger partial charge < -0.3 is 0 Å². The molecule has 7 heteroatoms. The molecule has 2 aromatic rings. The number of nitro groups is 1. The van der Waals surface area contributed by atoms with E-state index in [0.29, 0.717) is 17.9 Å². The SMILES string of the molecule is CCCc1nn(C)c(-n2nc(CC)cc2CC)c1[N+](=O)[O-]. The fourth-order valence-electron chi connectivity index (χ4n) is 2.47. The maximum absolute atomic E-state index is 11.5. The quantitative estimate of drug-likeness (QED) is 0.605. The Balaban J connectivity index is 2.68. The topological polar surface area (TPSA) is 78.8 Å². The predicted molar refractivity (Wildman–Crippen MR) is 79.7 cm³/mol. The van der Waals surface area contributed by atoms with Crippen LogP contribution in [0.4, 0.5) is 5.69 Å². The Morgan fingerprint density at radius 1 is 1.24 bits per heavy atom. The molecule has 2 rings (SSSR count). The van der Waals surface area contributed by atoms with Crippen LogP contribution in [0, 0.1) is 10.1 Å². The summed E-state index contributed by atoms with van der Waals surface area (Å²) >= 11 is 0. The lowest BCUT2D eigenvalue weighted by atomic mass is 10.2. The minimum atomic E-state index is -0.347. The first kappa shape index (κ1) is 15.2. The molecule has 0 aliphatic rings. The Bertz CT molecular complexity index is 657. The van der Waals surface area contributed by atoms with Gasteiger partial charge in [0.15, 0.2) is 0 Å². The molecule has 21 heavy (non-hydrogen) atoms. The van der Waals surface area contributed by atoms with Gasteiger partial charge in [0.25, 0.3) is 0 Å². The molecule has 114 valence electrons. The summed E-state index contributed by atoms with van der Waals surface area (Å²) in [6, 6.07) is 2.00. The van der Waals surface area contributed by atoms with E-state index in [9.17, 15) is 10.1 Å². The third-order valence-corrected chi connectivity index (χ3v) is 3.49. The Hall–Kier alpha value is -2.18. The third kappa shape index (κ3) is 2.68. The zero-order valence-electron chi connectivity index (χ0n) is 13.0. The number of nitrogens with zero attached hydrogens (tertiary/aromatic N) is 5. The summed E-state index contributed by atoms with van der Waals surface area (Å²) in [4.78, 5) is 11.1. The molecule has 0 bridgehead atoms. The molecule has 0 saturated carbocycles. The predicted octanol–water partition coefficient (Wildman–Crippen LogP) is 2.59. The Kier molecular flexibility index (Phi) is 4.40. The number of hydrogen-bond donors (Lipinski definition) is 0. The minimum absolute atomic E-state index is 0.0693. The molecule has 0 unspecified atom stereocenters. The maximum atomic E-state index is 11.5. The average molecular weight is 291 g/mol.